The molecular weight excluding hydrogens is 268 g/mol. The molecule has 0 amide bonds. The molecule has 0 bridgehead atoms. The molecule has 3 heteroatoms. The first kappa shape index (κ1) is 15.0. The smallest absolute Gasteiger partial charge is 0.0451 e. The molecule has 2 rings (SSSR count). The number of hydrogen-bond acceptors (Lipinski definition) is 2. The zero-order valence-electron chi connectivity index (χ0n) is 11.8. The second kappa shape index (κ2) is 8.05. The Hall–Kier alpha value is -1.35. The third kappa shape index (κ3) is 4.97. The summed E-state index contributed by atoms with van der Waals surface area (Å²) in [5.74, 6) is 0. The lowest BCUT2D eigenvalue weighted by Gasteiger charge is -2.17. The van der Waals surface area contributed by atoms with Crippen LogP contribution in [-0.2, 0) is 13.1 Å². The number of halogens is 1. The molecule has 0 fully saturated rings. The van der Waals surface area contributed by atoms with Gasteiger partial charge in [0.2, 0.25) is 0 Å². The first-order valence-corrected chi connectivity index (χ1v) is 7.30. The Kier molecular flexibility index (Phi) is 6.06. The maximum Gasteiger partial charge on any atom is 0.0451 e. The predicted octanol–water partition coefficient (Wildman–Crippen LogP) is 3.56. The van der Waals surface area contributed by atoms with Gasteiger partial charge in [0.05, 0.1) is 0 Å². The maximum atomic E-state index is 6.17. The predicted molar refractivity (Wildman–Crippen MR) is 85.9 cm³/mol. The van der Waals surface area contributed by atoms with Crippen LogP contribution in [0.2, 0.25) is 5.02 Å². The average molecular weight is 289 g/mol. The van der Waals surface area contributed by atoms with Gasteiger partial charge in [-0.05, 0) is 24.2 Å². The van der Waals surface area contributed by atoms with Gasteiger partial charge < -0.3 is 10.2 Å². The van der Waals surface area contributed by atoms with Crippen LogP contribution in [0.4, 0.5) is 0 Å². The molecule has 0 aliphatic heterocycles. The summed E-state index contributed by atoms with van der Waals surface area (Å²) in [6, 6.07) is 18.5. The van der Waals surface area contributed by atoms with Crippen LogP contribution in [0.5, 0.6) is 0 Å². The van der Waals surface area contributed by atoms with E-state index in [0.717, 1.165) is 31.2 Å². The number of nitrogens with zero attached hydrogens (tertiary/aromatic N) is 1. The molecule has 0 aliphatic carbocycles. The van der Waals surface area contributed by atoms with Gasteiger partial charge in [-0.1, -0.05) is 60.1 Å². The Morgan fingerprint density at radius 3 is 2.45 bits per heavy atom. The minimum Gasteiger partial charge on any atom is -0.311 e. The standard InChI is InChI=1S/C17H21ClN2/c1-20(14-16-9-5-6-10-17(16)18)12-11-19-13-15-7-3-2-4-8-15/h2-10,19H,11-14H2,1H3. The topological polar surface area (TPSA) is 15.3 Å². The summed E-state index contributed by atoms with van der Waals surface area (Å²) in [4.78, 5) is 2.28. The summed E-state index contributed by atoms with van der Waals surface area (Å²) in [5.41, 5.74) is 2.50. The van der Waals surface area contributed by atoms with E-state index < -0.39 is 0 Å². The van der Waals surface area contributed by atoms with E-state index in [1.165, 1.54) is 11.1 Å². The van der Waals surface area contributed by atoms with E-state index >= 15 is 0 Å². The van der Waals surface area contributed by atoms with E-state index in [2.05, 4.69) is 47.6 Å². The van der Waals surface area contributed by atoms with Gasteiger partial charge in [0.15, 0.2) is 0 Å². The highest BCUT2D eigenvalue weighted by molar-refractivity contribution is 6.31. The highest BCUT2D eigenvalue weighted by atomic mass is 35.5. The fourth-order valence-corrected chi connectivity index (χ4v) is 2.29. The second-order valence-electron chi connectivity index (χ2n) is 4.99. The minimum atomic E-state index is 0.844. The molecule has 106 valence electrons. The quantitative estimate of drug-likeness (QED) is 0.784. The molecular formula is C17H21ClN2. The Morgan fingerprint density at radius 1 is 1.00 bits per heavy atom. The van der Waals surface area contributed by atoms with Crippen molar-refractivity contribution in [2.45, 2.75) is 13.1 Å². The van der Waals surface area contributed by atoms with Crippen LogP contribution in [-0.4, -0.2) is 25.0 Å². The summed E-state index contributed by atoms with van der Waals surface area (Å²) >= 11 is 6.17. The summed E-state index contributed by atoms with van der Waals surface area (Å²) in [6.45, 7) is 3.77. The Balaban J connectivity index is 1.68. The number of hydrogen-bond donors (Lipinski definition) is 1. The first-order valence-electron chi connectivity index (χ1n) is 6.92. The molecule has 20 heavy (non-hydrogen) atoms. The van der Waals surface area contributed by atoms with Gasteiger partial charge in [-0.2, -0.15) is 0 Å². The Bertz CT molecular complexity index is 513. The Labute approximate surface area is 126 Å². The van der Waals surface area contributed by atoms with Crippen molar-refractivity contribution in [1.82, 2.24) is 10.2 Å². The van der Waals surface area contributed by atoms with Crippen LogP contribution in [0.3, 0.4) is 0 Å². The van der Waals surface area contributed by atoms with Gasteiger partial charge >= 0.3 is 0 Å². The van der Waals surface area contributed by atoms with E-state index in [1.54, 1.807) is 0 Å². The van der Waals surface area contributed by atoms with Crippen LogP contribution in [0.15, 0.2) is 54.6 Å². The fraction of sp³-hybridized carbons (Fsp3) is 0.294. The molecule has 1 N–H and O–H groups in total. The second-order valence-corrected chi connectivity index (χ2v) is 5.40. The van der Waals surface area contributed by atoms with Crippen LogP contribution < -0.4 is 5.32 Å². The SMILES string of the molecule is CN(CCNCc1ccccc1)Cc1ccccc1Cl. The van der Waals surface area contributed by atoms with E-state index in [9.17, 15) is 0 Å². The van der Waals surface area contributed by atoms with Crippen molar-refractivity contribution in [2.75, 3.05) is 20.1 Å². The van der Waals surface area contributed by atoms with Crippen molar-refractivity contribution in [2.24, 2.45) is 0 Å². The average Bonchev–Trinajstić information content (AvgIpc) is 2.47. The van der Waals surface area contributed by atoms with Gasteiger partial charge in [0, 0.05) is 31.2 Å². The van der Waals surface area contributed by atoms with Crippen LogP contribution in [0, 0.1) is 0 Å². The molecule has 2 aromatic carbocycles. The molecule has 0 radical (unpaired) electrons. The van der Waals surface area contributed by atoms with Crippen molar-refractivity contribution < 1.29 is 0 Å². The normalized spacial score (nSPS) is 10.9. The lowest BCUT2D eigenvalue weighted by Crippen LogP contribution is -2.28. The van der Waals surface area contributed by atoms with Gasteiger partial charge in [0.1, 0.15) is 0 Å². The third-order valence-corrected chi connectivity index (χ3v) is 3.61. The van der Waals surface area contributed by atoms with Crippen molar-refractivity contribution in [3.05, 3.63) is 70.7 Å². The zero-order valence-corrected chi connectivity index (χ0v) is 12.6. The van der Waals surface area contributed by atoms with E-state index in [-0.39, 0.29) is 0 Å². The molecule has 0 saturated carbocycles. The van der Waals surface area contributed by atoms with E-state index in [1.807, 2.05) is 24.3 Å². The van der Waals surface area contributed by atoms with Crippen molar-refractivity contribution in [1.29, 1.82) is 0 Å². The molecule has 2 aromatic rings. The van der Waals surface area contributed by atoms with Crippen molar-refractivity contribution in [3.8, 4) is 0 Å². The molecule has 0 heterocycles. The van der Waals surface area contributed by atoms with Gasteiger partial charge in [-0.15, -0.1) is 0 Å². The Morgan fingerprint density at radius 2 is 1.70 bits per heavy atom. The van der Waals surface area contributed by atoms with Crippen molar-refractivity contribution >= 4 is 11.6 Å². The van der Waals surface area contributed by atoms with Gasteiger partial charge in [-0.25, -0.2) is 0 Å². The largest absolute Gasteiger partial charge is 0.311 e. The number of benzene rings is 2. The minimum absolute atomic E-state index is 0.844. The maximum absolute atomic E-state index is 6.17. The highest BCUT2D eigenvalue weighted by Crippen LogP contribution is 2.16. The summed E-state index contributed by atoms with van der Waals surface area (Å²) in [6.07, 6.45) is 0. The molecule has 0 unspecified atom stereocenters. The highest BCUT2D eigenvalue weighted by Gasteiger charge is 2.03. The van der Waals surface area contributed by atoms with E-state index in [0.29, 0.717) is 0 Å². The monoisotopic (exact) mass is 288 g/mol. The number of nitrogens with one attached hydrogen (secondary N) is 1. The molecule has 0 aromatic heterocycles. The molecule has 0 saturated heterocycles. The zero-order chi connectivity index (χ0) is 14.2. The van der Waals surface area contributed by atoms with Crippen LogP contribution in [0.1, 0.15) is 11.1 Å². The molecule has 0 aliphatic rings. The molecule has 0 spiro atoms. The molecule has 2 nitrogen and oxygen atoms in total. The first-order chi connectivity index (χ1) is 9.75. The third-order valence-electron chi connectivity index (χ3n) is 3.24. The number of rotatable bonds is 7. The lowest BCUT2D eigenvalue weighted by molar-refractivity contribution is 0.324. The van der Waals surface area contributed by atoms with Crippen LogP contribution in [0.25, 0.3) is 0 Å². The lowest BCUT2D eigenvalue weighted by atomic mass is 10.2. The van der Waals surface area contributed by atoms with Gasteiger partial charge in [0.25, 0.3) is 0 Å². The summed E-state index contributed by atoms with van der Waals surface area (Å²) in [5, 5.41) is 4.30. The van der Waals surface area contributed by atoms with Gasteiger partial charge in [-0.3, -0.25) is 0 Å². The van der Waals surface area contributed by atoms with Crippen LogP contribution >= 0.6 is 11.6 Å². The summed E-state index contributed by atoms with van der Waals surface area (Å²) < 4.78 is 0. The molecule has 0 atom stereocenters. The summed E-state index contributed by atoms with van der Waals surface area (Å²) in [7, 11) is 2.12. The number of likely N-dealkylation sites (N-methyl/N-ethyl adjacent to an activating group) is 1. The van der Waals surface area contributed by atoms with Crippen molar-refractivity contribution in [3.63, 3.8) is 0 Å². The fourth-order valence-electron chi connectivity index (χ4n) is 2.09. The van der Waals surface area contributed by atoms with E-state index in [4.69, 9.17) is 11.6 Å².